The summed E-state index contributed by atoms with van der Waals surface area (Å²) in [4.78, 5) is 11.1. The number of ether oxygens (including phenoxy) is 1. The molecule has 5 heteroatoms. The van der Waals surface area contributed by atoms with E-state index < -0.39 is 5.82 Å². The fourth-order valence-electron chi connectivity index (χ4n) is 1.59. The van der Waals surface area contributed by atoms with Crippen LogP contribution in [0.25, 0.3) is 0 Å². The number of benzene rings is 1. The van der Waals surface area contributed by atoms with E-state index in [0.29, 0.717) is 32.5 Å². The summed E-state index contributed by atoms with van der Waals surface area (Å²) >= 11 is 0. The highest BCUT2D eigenvalue weighted by molar-refractivity contribution is 5.69. The second-order valence-corrected chi connectivity index (χ2v) is 4.01. The van der Waals surface area contributed by atoms with Crippen LogP contribution >= 0.6 is 0 Å². The van der Waals surface area contributed by atoms with Crippen molar-refractivity contribution in [3.8, 4) is 6.07 Å². The van der Waals surface area contributed by atoms with Crippen molar-refractivity contribution >= 4 is 5.97 Å². The van der Waals surface area contributed by atoms with Crippen LogP contribution in [-0.2, 0) is 16.1 Å². The summed E-state index contributed by atoms with van der Waals surface area (Å²) in [6.45, 7) is 3.38. The van der Waals surface area contributed by atoms with Crippen molar-refractivity contribution in [2.75, 3.05) is 13.2 Å². The minimum Gasteiger partial charge on any atom is -0.466 e. The molecule has 19 heavy (non-hydrogen) atoms. The average molecular weight is 264 g/mol. The van der Waals surface area contributed by atoms with E-state index in [1.807, 2.05) is 0 Å². The van der Waals surface area contributed by atoms with E-state index in [1.54, 1.807) is 19.1 Å². The highest BCUT2D eigenvalue weighted by Gasteiger charge is 2.03. The van der Waals surface area contributed by atoms with Crippen molar-refractivity contribution < 1.29 is 13.9 Å². The van der Waals surface area contributed by atoms with Gasteiger partial charge in [0.15, 0.2) is 0 Å². The lowest BCUT2D eigenvalue weighted by Gasteiger charge is -2.05. The zero-order valence-corrected chi connectivity index (χ0v) is 10.9. The molecule has 0 amide bonds. The van der Waals surface area contributed by atoms with Crippen LogP contribution in [0, 0.1) is 17.1 Å². The van der Waals surface area contributed by atoms with Crippen molar-refractivity contribution in [2.45, 2.75) is 26.3 Å². The third-order valence-electron chi connectivity index (χ3n) is 2.52. The monoisotopic (exact) mass is 264 g/mol. The molecule has 0 unspecified atom stereocenters. The molecule has 4 nitrogen and oxygen atoms in total. The topological polar surface area (TPSA) is 62.1 Å². The van der Waals surface area contributed by atoms with Gasteiger partial charge >= 0.3 is 5.97 Å². The summed E-state index contributed by atoms with van der Waals surface area (Å²) in [5.74, 6) is -0.702. The second-order valence-electron chi connectivity index (χ2n) is 4.01. The molecule has 0 radical (unpaired) electrons. The van der Waals surface area contributed by atoms with Gasteiger partial charge in [0, 0.05) is 13.0 Å². The predicted octanol–water partition coefficient (Wildman–Crippen LogP) is 2.13. The number of rotatable bonds is 7. The number of nitrogens with zero attached hydrogens (tertiary/aromatic N) is 1. The maximum atomic E-state index is 13.1. The van der Waals surface area contributed by atoms with Gasteiger partial charge in [-0.1, -0.05) is 6.07 Å². The van der Waals surface area contributed by atoms with Gasteiger partial charge in [0.05, 0.1) is 12.2 Å². The normalized spacial score (nSPS) is 9.95. The van der Waals surface area contributed by atoms with Crippen LogP contribution in [0.4, 0.5) is 4.39 Å². The molecular formula is C14H17FN2O2. The van der Waals surface area contributed by atoms with Gasteiger partial charge in [-0.05, 0) is 37.6 Å². The summed E-state index contributed by atoms with van der Waals surface area (Å²) in [7, 11) is 0. The van der Waals surface area contributed by atoms with Crippen LogP contribution < -0.4 is 5.32 Å². The molecule has 0 aliphatic carbocycles. The molecule has 0 aliphatic rings. The Morgan fingerprint density at radius 3 is 3.00 bits per heavy atom. The molecule has 0 aliphatic heterocycles. The van der Waals surface area contributed by atoms with Gasteiger partial charge in [0.1, 0.15) is 11.9 Å². The van der Waals surface area contributed by atoms with E-state index in [0.717, 1.165) is 5.56 Å². The summed E-state index contributed by atoms with van der Waals surface area (Å²) in [6.07, 6.45) is 1.07. The number of carbonyl (C=O) groups excluding carboxylic acids is 1. The predicted molar refractivity (Wildman–Crippen MR) is 68.7 cm³/mol. The molecule has 102 valence electrons. The highest BCUT2D eigenvalue weighted by Crippen LogP contribution is 2.09. The zero-order valence-electron chi connectivity index (χ0n) is 10.9. The molecule has 0 saturated heterocycles. The number of halogens is 1. The number of esters is 1. The van der Waals surface area contributed by atoms with Crippen LogP contribution in [0.5, 0.6) is 0 Å². The average Bonchev–Trinajstić information content (AvgIpc) is 2.40. The van der Waals surface area contributed by atoms with E-state index in [4.69, 9.17) is 10.00 Å². The van der Waals surface area contributed by atoms with Gasteiger partial charge in [-0.25, -0.2) is 4.39 Å². The smallest absolute Gasteiger partial charge is 0.305 e. The first-order valence-corrected chi connectivity index (χ1v) is 6.22. The largest absolute Gasteiger partial charge is 0.466 e. The van der Waals surface area contributed by atoms with Crippen molar-refractivity contribution in [3.63, 3.8) is 0 Å². The van der Waals surface area contributed by atoms with E-state index in [-0.39, 0.29) is 11.5 Å². The van der Waals surface area contributed by atoms with Crippen LogP contribution in [0.2, 0.25) is 0 Å². The minimum atomic E-state index is -0.506. The lowest BCUT2D eigenvalue weighted by atomic mass is 10.1. The van der Waals surface area contributed by atoms with E-state index in [1.165, 1.54) is 12.1 Å². The fourth-order valence-corrected chi connectivity index (χ4v) is 1.59. The molecular weight excluding hydrogens is 247 g/mol. The Kier molecular flexibility index (Phi) is 6.55. The zero-order chi connectivity index (χ0) is 14.1. The molecule has 1 aromatic carbocycles. The van der Waals surface area contributed by atoms with Crippen molar-refractivity contribution in [1.82, 2.24) is 5.32 Å². The van der Waals surface area contributed by atoms with Gasteiger partial charge in [-0.3, -0.25) is 4.79 Å². The van der Waals surface area contributed by atoms with Gasteiger partial charge in [0.2, 0.25) is 0 Å². The van der Waals surface area contributed by atoms with Crippen LogP contribution in [0.15, 0.2) is 18.2 Å². The lowest BCUT2D eigenvalue weighted by Crippen LogP contribution is -2.16. The molecule has 1 rings (SSSR count). The molecule has 0 spiro atoms. The maximum Gasteiger partial charge on any atom is 0.305 e. The maximum absolute atomic E-state index is 13.1. The summed E-state index contributed by atoms with van der Waals surface area (Å²) in [5.41, 5.74) is 0.889. The summed E-state index contributed by atoms with van der Waals surface area (Å²) < 4.78 is 17.9. The molecule has 0 atom stereocenters. The van der Waals surface area contributed by atoms with Gasteiger partial charge < -0.3 is 10.1 Å². The second kappa shape index (κ2) is 8.22. The Labute approximate surface area is 112 Å². The van der Waals surface area contributed by atoms with Gasteiger partial charge in [0.25, 0.3) is 0 Å². The number of nitrogens with one attached hydrogen (secondary N) is 1. The summed E-state index contributed by atoms with van der Waals surface area (Å²) in [6, 6.07) is 6.24. The van der Waals surface area contributed by atoms with Gasteiger partial charge in [-0.2, -0.15) is 5.26 Å². The van der Waals surface area contributed by atoms with Gasteiger partial charge in [-0.15, -0.1) is 0 Å². The number of nitriles is 1. The fraction of sp³-hybridized carbons (Fsp3) is 0.429. The Balaban J connectivity index is 2.27. The Hall–Kier alpha value is -1.93. The Morgan fingerprint density at radius 1 is 1.53 bits per heavy atom. The molecule has 1 N–H and O–H groups in total. The minimum absolute atomic E-state index is 0.0471. The molecule has 0 saturated carbocycles. The van der Waals surface area contributed by atoms with Crippen LogP contribution in [-0.4, -0.2) is 19.1 Å². The Bertz CT molecular complexity index is 469. The SMILES string of the molecule is CCOC(=O)CCCNCc1ccc(F)c(C#N)c1. The van der Waals surface area contributed by atoms with Crippen molar-refractivity contribution in [2.24, 2.45) is 0 Å². The quantitative estimate of drug-likeness (QED) is 0.605. The first-order valence-electron chi connectivity index (χ1n) is 6.22. The number of hydrogen-bond donors (Lipinski definition) is 1. The van der Waals surface area contributed by atoms with Crippen LogP contribution in [0.1, 0.15) is 30.9 Å². The van der Waals surface area contributed by atoms with Crippen LogP contribution in [0.3, 0.4) is 0 Å². The number of carbonyl (C=O) groups is 1. The molecule has 0 aromatic heterocycles. The van der Waals surface area contributed by atoms with E-state index >= 15 is 0 Å². The van der Waals surface area contributed by atoms with Crippen molar-refractivity contribution in [1.29, 1.82) is 5.26 Å². The molecule has 0 heterocycles. The third kappa shape index (κ3) is 5.49. The molecule has 1 aromatic rings. The summed E-state index contributed by atoms with van der Waals surface area (Å²) in [5, 5.41) is 11.8. The third-order valence-corrected chi connectivity index (χ3v) is 2.52. The molecule has 0 bridgehead atoms. The highest BCUT2D eigenvalue weighted by atomic mass is 19.1. The van der Waals surface area contributed by atoms with Crippen molar-refractivity contribution in [3.05, 3.63) is 35.1 Å². The first-order chi connectivity index (χ1) is 9.17. The molecule has 0 fully saturated rings. The van der Waals surface area contributed by atoms with E-state index in [9.17, 15) is 9.18 Å². The van der Waals surface area contributed by atoms with E-state index in [2.05, 4.69) is 5.32 Å². The lowest BCUT2D eigenvalue weighted by molar-refractivity contribution is -0.143. The number of hydrogen-bond acceptors (Lipinski definition) is 4. The Morgan fingerprint density at radius 2 is 2.32 bits per heavy atom. The standard InChI is InChI=1S/C14H17FN2O2/c1-2-19-14(18)4-3-7-17-10-11-5-6-13(15)12(8-11)9-16/h5-6,8,17H,2-4,7,10H2,1H3. The first kappa shape index (κ1) is 15.1.